The van der Waals surface area contributed by atoms with Gasteiger partial charge in [-0.15, -0.1) is 0 Å². The van der Waals surface area contributed by atoms with E-state index in [-0.39, 0.29) is 0 Å². The Morgan fingerprint density at radius 2 is 2.19 bits per heavy atom. The van der Waals surface area contributed by atoms with E-state index in [0.717, 1.165) is 31.1 Å². The summed E-state index contributed by atoms with van der Waals surface area (Å²) in [6.45, 7) is 3.77. The van der Waals surface area contributed by atoms with Gasteiger partial charge in [0.1, 0.15) is 5.75 Å². The van der Waals surface area contributed by atoms with Crippen LogP contribution in [-0.2, 0) is 6.54 Å². The van der Waals surface area contributed by atoms with Crippen LogP contribution in [0.4, 0.5) is 0 Å². The molecule has 0 bridgehead atoms. The zero-order valence-electron chi connectivity index (χ0n) is 10.4. The maximum atomic E-state index is 5.87. The van der Waals surface area contributed by atoms with E-state index >= 15 is 0 Å². The summed E-state index contributed by atoms with van der Waals surface area (Å²) in [4.78, 5) is 0. The van der Waals surface area contributed by atoms with Crippen LogP contribution in [0.3, 0.4) is 0 Å². The number of benzene rings is 1. The Hall–Kier alpha value is -0.670. The monoisotopic (exact) mass is 239 g/mol. The molecule has 0 unspecified atom stereocenters. The molecule has 0 saturated heterocycles. The van der Waals surface area contributed by atoms with E-state index in [1.54, 1.807) is 0 Å². The third-order valence-corrected chi connectivity index (χ3v) is 3.10. The number of ether oxygens (including phenoxy) is 1. The van der Waals surface area contributed by atoms with E-state index in [9.17, 15) is 0 Å². The van der Waals surface area contributed by atoms with Crippen molar-refractivity contribution in [1.29, 1.82) is 0 Å². The molecule has 1 aromatic rings. The molecule has 0 spiro atoms. The minimum Gasteiger partial charge on any atom is -0.493 e. The molecule has 0 amide bonds. The molecule has 0 aliphatic carbocycles. The van der Waals surface area contributed by atoms with Crippen molar-refractivity contribution in [3.63, 3.8) is 0 Å². The molecule has 0 atom stereocenters. The van der Waals surface area contributed by atoms with E-state index in [1.807, 2.05) is 18.8 Å². The quantitative estimate of drug-likeness (QED) is 0.739. The highest BCUT2D eigenvalue weighted by atomic mass is 32.2. The highest BCUT2D eigenvalue weighted by Crippen LogP contribution is 2.23. The summed E-state index contributed by atoms with van der Waals surface area (Å²) in [6, 6.07) is 6.30. The zero-order valence-corrected chi connectivity index (χ0v) is 11.2. The fraction of sp³-hybridized carbons (Fsp3) is 0.538. The molecule has 2 nitrogen and oxygen atoms in total. The number of nitrogens with one attached hydrogen (secondary N) is 1. The summed E-state index contributed by atoms with van der Waals surface area (Å²) < 4.78 is 5.87. The summed E-state index contributed by atoms with van der Waals surface area (Å²) in [6.07, 6.45) is 3.23. The Morgan fingerprint density at radius 1 is 1.38 bits per heavy atom. The van der Waals surface area contributed by atoms with Crippen molar-refractivity contribution in [1.82, 2.24) is 5.32 Å². The lowest BCUT2D eigenvalue weighted by Crippen LogP contribution is -2.09. The number of thioether (sulfide) groups is 1. The van der Waals surface area contributed by atoms with Crippen molar-refractivity contribution in [3.8, 4) is 5.75 Å². The molecular formula is C13H21NOS. The highest BCUT2D eigenvalue weighted by molar-refractivity contribution is 7.98. The fourth-order valence-electron chi connectivity index (χ4n) is 1.63. The average molecular weight is 239 g/mol. The molecule has 0 heterocycles. The van der Waals surface area contributed by atoms with Crippen LogP contribution in [0.2, 0.25) is 0 Å². The van der Waals surface area contributed by atoms with Crippen LogP contribution in [0, 0.1) is 6.92 Å². The summed E-state index contributed by atoms with van der Waals surface area (Å²) >= 11 is 1.86. The molecular weight excluding hydrogens is 218 g/mol. The first-order chi connectivity index (χ1) is 7.79. The third-order valence-electron chi connectivity index (χ3n) is 2.40. The molecule has 0 aliphatic rings. The van der Waals surface area contributed by atoms with Gasteiger partial charge in [0.15, 0.2) is 0 Å². The predicted octanol–water partition coefficient (Wildman–Crippen LogP) is 2.85. The maximum absolute atomic E-state index is 5.87. The molecule has 0 aliphatic heterocycles. The van der Waals surface area contributed by atoms with Crippen LogP contribution in [-0.4, -0.2) is 25.7 Å². The molecule has 0 radical (unpaired) electrons. The van der Waals surface area contributed by atoms with Gasteiger partial charge in [-0.05, 0) is 38.0 Å². The Kier molecular flexibility index (Phi) is 6.34. The van der Waals surface area contributed by atoms with Gasteiger partial charge in [-0.25, -0.2) is 0 Å². The number of rotatable bonds is 7. The van der Waals surface area contributed by atoms with Crippen molar-refractivity contribution in [2.75, 3.05) is 25.7 Å². The van der Waals surface area contributed by atoms with Gasteiger partial charge in [0, 0.05) is 12.1 Å². The second-order valence-electron chi connectivity index (χ2n) is 3.79. The Balaban J connectivity index is 2.61. The molecule has 0 saturated carbocycles. The molecule has 0 fully saturated rings. The van der Waals surface area contributed by atoms with Gasteiger partial charge in [-0.3, -0.25) is 0 Å². The van der Waals surface area contributed by atoms with E-state index in [4.69, 9.17) is 4.74 Å². The first-order valence-electron chi connectivity index (χ1n) is 5.64. The van der Waals surface area contributed by atoms with E-state index in [2.05, 4.69) is 36.7 Å². The van der Waals surface area contributed by atoms with Crippen molar-refractivity contribution in [2.45, 2.75) is 19.9 Å². The molecule has 16 heavy (non-hydrogen) atoms. The summed E-state index contributed by atoms with van der Waals surface area (Å²) in [7, 11) is 1.96. The first kappa shape index (κ1) is 13.4. The minimum atomic E-state index is 0.808. The summed E-state index contributed by atoms with van der Waals surface area (Å²) in [5.74, 6) is 2.21. The zero-order chi connectivity index (χ0) is 11.8. The number of aryl methyl sites for hydroxylation is 1. The van der Waals surface area contributed by atoms with E-state index < -0.39 is 0 Å². The Bertz CT molecular complexity index is 315. The Morgan fingerprint density at radius 3 is 2.88 bits per heavy atom. The van der Waals surface area contributed by atoms with E-state index in [0.29, 0.717) is 0 Å². The van der Waals surface area contributed by atoms with E-state index in [1.165, 1.54) is 11.1 Å². The van der Waals surface area contributed by atoms with Crippen LogP contribution in [0.25, 0.3) is 0 Å². The lowest BCUT2D eigenvalue weighted by Gasteiger charge is -2.13. The van der Waals surface area contributed by atoms with Gasteiger partial charge >= 0.3 is 0 Å². The summed E-state index contributed by atoms with van der Waals surface area (Å²) in [5, 5.41) is 3.17. The third kappa shape index (κ3) is 4.06. The first-order valence-corrected chi connectivity index (χ1v) is 7.03. The highest BCUT2D eigenvalue weighted by Gasteiger charge is 2.05. The SMILES string of the molecule is CNCc1cccc(C)c1OCCCSC. The van der Waals surface area contributed by atoms with Gasteiger partial charge in [0.25, 0.3) is 0 Å². The minimum absolute atomic E-state index is 0.808. The van der Waals surface area contributed by atoms with Gasteiger partial charge in [-0.2, -0.15) is 11.8 Å². The molecule has 3 heteroatoms. The van der Waals surface area contributed by atoms with Crippen molar-refractivity contribution in [2.24, 2.45) is 0 Å². The second-order valence-corrected chi connectivity index (χ2v) is 4.77. The van der Waals surface area contributed by atoms with Gasteiger partial charge in [0.2, 0.25) is 0 Å². The van der Waals surface area contributed by atoms with Gasteiger partial charge < -0.3 is 10.1 Å². The lowest BCUT2D eigenvalue weighted by atomic mass is 10.1. The maximum Gasteiger partial charge on any atom is 0.126 e. The van der Waals surface area contributed by atoms with Crippen molar-refractivity contribution < 1.29 is 4.74 Å². The van der Waals surface area contributed by atoms with Crippen LogP contribution in [0.5, 0.6) is 5.75 Å². The topological polar surface area (TPSA) is 21.3 Å². The van der Waals surface area contributed by atoms with Crippen LogP contribution in [0.15, 0.2) is 18.2 Å². The summed E-state index contributed by atoms with van der Waals surface area (Å²) in [5.41, 5.74) is 2.46. The largest absolute Gasteiger partial charge is 0.493 e. The molecule has 1 aromatic carbocycles. The number of hydrogen-bond acceptors (Lipinski definition) is 3. The van der Waals surface area contributed by atoms with Crippen LogP contribution < -0.4 is 10.1 Å². The van der Waals surface area contributed by atoms with Crippen LogP contribution >= 0.6 is 11.8 Å². The average Bonchev–Trinajstić information content (AvgIpc) is 2.28. The van der Waals surface area contributed by atoms with Gasteiger partial charge in [0.05, 0.1) is 6.61 Å². The normalized spacial score (nSPS) is 10.4. The predicted molar refractivity (Wildman–Crippen MR) is 72.4 cm³/mol. The smallest absolute Gasteiger partial charge is 0.126 e. The Labute approximate surface area is 103 Å². The molecule has 1 rings (SSSR count). The van der Waals surface area contributed by atoms with Crippen molar-refractivity contribution in [3.05, 3.63) is 29.3 Å². The lowest BCUT2D eigenvalue weighted by molar-refractivity contribution is 0.312. The molecule has 90 valence electrons. The van der Waals surface area contributed by atoms with Gasteiger partial charge in [-0.1, -0.05) is 18.2 Å². The second kappa shape index (κ2) is 7.58. The number of para-hydroxylation sites is 1. The molecule has 0 aromatic heterocycles. The van der Waals surface area contributed by atoms with Crippen LogP contribution in [0.1, 0.15) is 17.5 Å². The molecule has 1 N–H and O–H groups in total. The number of hydrogen-bond donors (Lipinski definition) is 1. The van der Waals surface area contributed by atoms with Crippen molar-refractivity contribution >= 4 is 11.8 Å². The fourth-order valence-corrected chi connectivity index (χ4v) is 2.03. The standard InChI is InChI=1S/C13H21NOS/c1-11-6-4-7-12(10-14-2)13(11)15-8-5-9-16-3/h4,6-7,14H,5,8-10H2,1-3H3.